The molecule has 3 rings (SSSR count). The van der Waals surface area contributed by atoms with E-state index in [0.717, 1.165) is 47.5 Å². The molecule has 0 atom stereocenters. The summed E-state index contributed by atoms with van der Waals surface area (Å²) in [6, 6.07) is 9.76. The van der Waals surface area contributed by atoms with Crippen molar-refractivity contribution in [2.24, 2.45) is 5.92 Å². The van der Waals surface area contributed by atoms with E-state index in [0.29, 0.717) is 11.5 Å². The van der Waals surface area contributed by atoms with Crippen molar-refractivity contribution in [1.29, 1.82) is 0 Å². The molecular formula is C19H22BrN3O. The van der Waals surface area contributed by atoms with E-state index >= 15 is 0 Å². The van der Waals surface area contributed by atoms with Crippen LogP contribution in [0.15, 0.2) is 41.0 Å². The molecular weight excluding hydrogens is 366 g/mol. The van der Waals surface area contributed by atoms with Crippen molar-refractivity contribution in [2.75, 3.05) is 18.4 Å². The molecule has 0 unspecified atom stereocenters. The number of hydrogen-bond donors (Lipinski definition) is 1. The molecule has 24 heavy (non-hydrogen) atoms. The molecule has 1 aromatic heterocycles. The van der Waals surface area contributed by atoms with Gasteiger partial charge in [-0.1, -0.05) is 22.9 Å². The number of carbonyl (C=O) groups is 1. The minimum Gasteiger partial charge on any atom is -0.340 e. The maximum Gasteiger partial charge on any atom is 0.255 e. The number of halogens is 1. The molecule has 1 aliphatic heterocycles. The van der Waals surface area contributed by atoms with Crippen molar-refractivity contribution in [3.8, 4) is 0 Å². The van der Waals surface area contributed by atoms with Crippen LogP contribution in [0.25, 0.3) is 0 Å². The number of nitrogens with one attached hydrogen (secondary N) is 1. The van der Waals surface area contributed by atoms with E-state index in [4.69, 9.17) is 0 Å². The molecule has 0 radical (unpaired) electrons. The number of likely N-dealkylation sites (tertiary alicyclic amines) is 1. The summed E-state index contributed by atoms with van der Waals surface area (Å²) in [6.07, 6.45) is 3.83. The van der Waals surface area contributed by atoms with Gasteiger partial charge in [-0.15, -0.1) is 0 Å². The topological polar surface area (TPSA) is 45.2 Å². The van der Waals surface area contributed by atoms with Gasteiger partial charge in [0.1, 0.15) is 5.82 Å². The van der Waals surface area contributed by atoms with Gasteiger partial charge in [0.2, 0.25) is 0 Å². The second kappa shape index (κ2) is 7.34. The van der Waals surface area contributed by atoms with Gasteiger partial charge in [-0.25, -0.2) is 4.98 Å². The summed E-state index contributed by atoms with van der Waals surface area (Å²) in [5.41, 5.74) is 2.79. The Hall–Kier alpha value is -1.88. The highest BCUT2D eigenvalue weighted by Crippen LogP contribution is 2.23. The van der Waals surface area contributed by atoms with Crippen molar-refractivity contribution in [1.82, 2.24) is 9.88 Å². The van der Waals surface area contributed by atoms with E-state index in [1.165, 1.54) is 0 Å². The predicted molar refractivity (Wildman–Crippen MR) is 101 cm³/mol. The van der Waals surface area contributed by atoms with E-state index in [1.54, 1.807) is 6.20 Å². The van der Waals surface area contributed by atoms with Gasteiger partial charge in [0.05, 0.1) is 5.56 Å². The summed E-state index contributed by atoms with van der Waals surface area (Å²) in [4.78, 5) is 18.8. The highest BCUT2D eigenvalue weighted by molar-refractivity contribution is 9.10. The summed E-state index contributed by atoms with van der Waals surface area (Å²) < 4.78 is 1.08. The Kier molecular flexibility index (Phi) is 5.19. The largest absolute Gasteiger partial charge is 0.340 e. The number of benzene rings is 1. The molecule has 1 N–H and O–H groups in total. The molecule has 1 amide bonds. The molecule has 0 spiro atoms. The van der Waals surface area contributed by atoms with Gasteiger partial charge in [0.15, 0.2) is 0 Å². The Morgan fingerprint density at radius 2 is 2.00 bits per heavy atom. The first kappa shape index (κ1) is 17.0. The van der Waals surface area contributed by atoms with Crippen LogP contribution >= 0.6 is 15.9 Å². The number of nitrogens with zero attached hydrogens (tertiary/aromatic N) is 2. The number of piperidine rings is 1. The number of anilines is 2. The van der Waals surface area contributed by atoms with Gasteiger partial charge in [-0.05, 0) is 61.6 Å². The average Bonchev–Trinajstić information content (AvgIpc) is 2.59. The maximum atomic E-state index is 12.5. The molecule has 5 heteroatoms. The molecule has 0 saturated carbocycles. The summed E-state index contributed by atoms with van der Waals surface area (Å²) in [5, 5.41) is 3.27. The zero-order valence-corrected chi connectivity index (χ0v) is 15.6. The first-order valence-corrected chi connectivity index (χ1v) is 9.11. The molecule has 1 fully saturated rings. The average molecular weight is 388 g/mol. The van der Waals surface area contributed by atoms with Gasteiger partial charge in [0, 0.05) is 29.4 Å². The molecule has 126 valence electrons. The Balaban J connectivity index is 1.66. The molecule has 0 aliphatic carbocycles. The normalized spacial score (nSPS) is 15.4. The molecule has 4 nitrogen and oxygen atoms in total. The van der Waals surface area contributed by atoms with Crippen LogP contribution in [0.5, 0.6) is 0 Å². The third kappa shape index (κ3) is 3.96. The highest BCUT2D eigenvalue weighted by atomic mass is 79.9. The zero-order chi connectivity index (χ0) is 17.1. The van der Waals surface area contributed by atoms with E-state index in [2.05, 4.69) is 39.2 Å². The first-order chi connectivity index (χ1) is 11.5. The summed E-state index contributed by atoms with van der Waals surface area (Å²) >= 11 is 3.50. The second-order valence-corrected chi connectivity index (χ2v) is 7.35. The number of pyridine rings is 1. The number of aromatic nitrogens is 1. The molecule has 2 heterocycles. The fraction of sp³-hybridized carbons (Fsp3) is 0.368. The van der Waals surface area contributed by atoms with Crippen LogP contribution in [0, 0.1) is 12.8 Å². The van der Waals surface area contributed by atoms with Crippen LogP contribution < -0.4 is 5.32 Å². The van der Waals surface area contributed by atoms with Crippen LogP contribution in [0.1, 0.15) is 35.7 Å². The van der Waals surface area contributed by atoms with Crippen molar-refractivity contribution in [3.05, 3.63) is 52.1 Å². The monoisotopic (exact) mass is 387 g/mol. The Labute approximate surface area is 151 Å². The van der Waals surface area contributed by atoms with E-state index < -0.39 is 0 Å². The molecule has 2 aromatic rings. The van der Waals surface area contributed by atoms with Crippen molar-refractivity contribution >= 4 is 33.3 Å². The quantitative estimate of drug-likeness (QED) is 0.824. The van der Waals surface area contributed by atoms with Crippen LogP contribution in [0.3, 0.4) is 0 Å². The standard InChI is InChI=1S/C19H22BrN3O/c1-13-7-9-23(10-8-13)19(24)15-3-6-18(21-12-15)22-16-4-5-17(20)14(2)11-16/h3-6,11-13H,7-10H2,1-2H3,(H,21,22). The lowest BCUT2D eigenvalue weighted by Gasteiger charge is -2.30. The van der Waals surface area contributed by atoms with Crippen LogP contribution in [0.2, 0.25) is 0 Å². The molecule has 1 saturated heterocycles. The fourth-order valence-corrected chi connectivity index (χ4v) is 3.11. The fourth-order valence-electron chi connectivity index (χ4n) is 2.86. The third-order valence-electron chi connectivity index (χ3n) is 4.51. The van der Waals surface area contributed by atoms with E-state index in [-0.39, 0.29) is 5.91 Å². The zero-order valence-electron chi connectivity index (χ0n) is 14.1. The van der Waals surface area contributed by atoms with Crippen molar-refractivity contribution in [2.45, 2.75) is 26.7 Å². The smallest absolute Gasteiger partial charge is 0.255 e. The predicted octanol–water partition coefficient (Wildman–Crippen LogP) is 4.77. The summed E-state index contributed by atoms with van der Waals surface area (Å²) in [7, 11) is 0. The minimum absolute atomic E-state index is 0.0837. The molecule has 1 aromatic carbocycles. The number of amides is 1. The second-order valence-electron chi connectivity index (χ2n) is 6.50. The van der Waals surface area contributed by atoms with E-state index in [1.807, 2.05) is 36.1 Å². The van der Waals surface area contributed by atoms with Crippen molar-refractivity contribution < 1.29 is 4.79 Å². The number of rotatable bonds is 3. The van der Waals surface area contributed by atoms with Gasteiger partial charge >= 0.3 is 0 Å². The highest BCUT2D eigenvalue weighted by Gasteiger charge is 2.21. The lowest BCUT2D eigenvalue weighted by atomic mass is 9.99. The Bertz CT molecular complexity index is 722. The Morgan fingerprint density at radius 1 is 1.25 bits per heavy atom. The number of carbonyl (C=O) groups excluding carboxylic acids is 1. The van der Waals surface area contributed by atoms with Gasteiger partial charge in [-0.2, -0.15) is 0 Å². The lowest BCUT2D eigenvalue weighted by Crippen LogP contribution is -2.37. The lowest BCUT2D eigenvalue weighted by molar-refractivity contribution is 0.0697. The van der Waals surface area contributed by atoms with Crippen LogP contribution in [0.4, 0.5) is 11.5 Å². The minimum atomic E-state index is 0.0837. The Morgan fingerprint density at radius 3 is 2.62 bits per heavy atom. The maximum absolute atomic E-state index is 12.5. The third-order valence-corrected chi connectivity index (χ3v) is 5.40. The van der Waals surface area contributed by atoms with E-state index in [9.17, 15) is 4.79 Å². The summed E-state index contributed by atoms with van der Waals surface area (Å²) in [5.74, 6) is 1.54. The number of aryl methyl sites for hydroxylation is 1. The van der Waals surface area contributed by atoms with Gasteiger partial charge in [0.25, 0.3) is 5.91 Å². The van der Waals surface area contributed by atoms with Gasteiger partial charge in [-0.3, -0.25) is 4.79 Å². The van der Waals surface area contributed by atoms with Gasteiger partial charge < -0.3 is 10.2 Å². The van der Waals surface area contributed by atoms with Crippen molar-refractivity contribution in [3.63, 3.8) is 0 Å². The molecule has 0 bridgehead atoms. The first-order valence-electron chi connectivity index (χ1n) is 8.31. The number of hydrogen-bond acceptors (Lipinski definition) is 3. The SMILES string of the molecule is Cc1cc(Nc2ccc(C(=O)N3CCC(C)CC3)cn2)ccc1Br. The van der Waals surface area contributed by atoms with Crippen LogP contribution in [-0.4, -0.2) is 28.9 Å². The molecule has 1 aliphatic rings. The van der Waals surface area contributed by atoms with Crippen LogP contribution in [-0.2, 0) is 0 Å². The summed E-state index contributed by atoms with van der Waals surface area (Å²) in [6.45, 7) is 5.98.